The predicted octanol–water partition coefficient (Wildman–Crippen LogP) is 1.81. The summed E-state index contributed by atoms with van der Waals surface area (Å²) >= 11 is 0. The molecule has 1 amide bonds. The Kier molecular flexibility index (Phi) is 5.41. The Hall–Kier alpha value is -2.61. The summed E-state index contributed by atoms with van der Waals surface area (Å²) in [6, 6.07) is 10.5. The fourth-order valence-electron chi connectivity index (χ4n) is 2.86. The number of nitrogens with zero attached hydrogens (tertiary/aromatic N) is 3. The molecule has 1 saturated heterocycles. The van der Waals surface area contributed by atoms with E-state index in [9.17, 15) is 13.2 Å². The van der Waals surface area contributed by atoms with Crippen LogP contribution in [-0.2, 0) is 10.0 Å². The third kappa shape index (κ3) is 4.32. The maximum atomic E-state index is 12.7. The van der Waals surface area contributed by atoms with Gasteiger partial charge in [-0.05, 0) is 37.3 Å². The van der Waals surface area contributed by atoms with Gasteiger partial charge in [0.15, 0.2) is 0 Å². The number of piperazine rings is 1. The molecule has 0 saturated carbocycles. The van der Waals surface area contributed by atoms with E-state index in [0.29, 0.717) is 24.3 Å². The summed E-state index contributed by atoms with van der Waals surface area (Å²) in [4.78, 5) is 20.9. The van der Waals surface area contributed by atoms with Crippen LogP contribution in [0, 0.1) is 0 Å². The summed E-state index contributed by atoms with van der Waals surface area (Å²) in [6.07, 6.45) is 3.56. The minimum absolute atomic E-state index is 0.0124. The topological polar surface area (TPSA) is 82.6 Å². The van der Waals surface area contributed by atoms with Gasteiger partial charge in [-0.3, -0.25) is 14.5 Å². The fraction of sp³-hybridized carbons (Fsp3) is 0.333. The van der Waals surface area contributed by atoms with Crippen molar-refractivity contribution in [3.63, 3.8) is 0 Å². The van der Waals surface area contributed by atoms with Gasteiger partial charge in [-0.15, -0.1) is 0 Å². The van der Waals surface area contributed by atoms with E-state index in [-0.39, 0.29) is 11.7 Å². The third-order valence-electron chi connectivity index (χ3n) is 4.34. The van der Waals surface area contributed by atoms with Gasteiger partial charge in [0.1, 0.15) is 0 Å². The summed E-state index contributed by atoms with van der Waals surface area (Å²) in [5, 5.41) is 0. The van der Waals surface area contributed by atoms with Gasteiger partial charge in [0, 0.05) is 43.6 Å². The molecule has 26 heavy (non-hydrogen) atoms. The van der Waals surface area contributed by atoms with Crippen LogP contribution in [0.2, 0.25) is 0 Å². The fourth-order valence-corrected chi connectivity index (χ4v) is 3.49. The van der Waals surface area contributed by atoms with Crippen LogP contribution >= 0.6 is 0 Å². The van der Waals surface area contributed by atoms with E-state index in [2.05, 4.69) is 14.6 Å². The number of benzene rings is 1. The summed E-state index contributed by atoms with van der Waals surface area (Å²) < 4.78 is 25.9. The van der Waals surface area contributed by atoms with Crippen molar-refractivity contribution in [2.75, 3.05) is 41.6 Å². The van der Waals surface area contributed by atoms with Crippen LogP contribution in [-0.4, -0.2) is 56.1 Å². The van der Waals surface area contributed by atoms with Gasteiger partial charge in [-0.25, -0.2) is 8.42 Å². The quantitative estimate of drug-likeness (QED) is 0.863. The van der Waals surface area contributed by atoms with Gasteiger partial charge < -0.3 is 9.80 Å². The van der Waals surface area contributed by atoms with Crippen LogP contribution in [0.5, 0.6) is 0 Å². The second kappa shape index (κ2) is 7.74. The molecule has 8 heteroatoms. The number of hydrogen-bond donors (Lipinski definition) is 1. The lowest BCUT2D eigenvalue weighted by molar-refractivity contribution is 0.0747. The van der Waals surface area contributed by atoms with E-state index in [1.54, 1.807) is 42.3 Å². The maximum Gasteiger partial charge on any atom is 0.254 e. The molecule has 1 fully saturated rings. The molecular weight excluding hydrogens is 352 g/mol. The van der Waals surface area contributed by atoms with Crippen molar-refractivity contribution in [2.24, 2.45) is 0 Å². The molecule has 1 aromatic heterocycles. The van der Waals surface area contributed by atoms with E-state index in [0.717, 1.165) is 18.8 Å². The Balaban J connectivity index is 1.65. The predicted molar refractivity (Wildman–Crippen MR) is 102 cm³/mol. The lowest BCUT2D eigenvalue weighted by Gasteiger charge is -2.36. The minimum Gasteiger partial charge on any atom is -0.367 e. The first-order chi connectivity index (χ1) is 12.5. The molecule has 0 bridgehead atoms. The molecule has 2 aromatic rings. The zero-order valence-electron chi connectivity index (χ0n) is 14.6. The Morgan fingerprint density at radius 3 is 2.58 bits per heavy atom. The molecule has 0 aliphatic carbocycles. The van der Waals surface area contributed by atoms with Gasteiger partial charge in [0.25, 0.3) is 5.91 Å². The highest BCUT2D eigenvalue weighted by atomic mass is 32.2. The molecule has 2 heterocycles. The third-order valence-corrected chi connectivity index (χ3v) is 5.65. The van der Waals surface area contributed by atoms with E-state index in [1.165, 1.54) is 0 Å². The molecule has 0 unspecified atom stereocenters. The highest BCUT2D eigenvalue weighted by Gasteiger charge is 2.22. The monoisotopic (exact) mass is 374 g/mol. The van der Waals surface area contributed by atoms with E-state index in [1.807, 2.05) is 18.3 Å². The summed E-state index contributed by atoms with van der Waals surface area (Å²) in [5.74, 6) is -0.102. The number of carbonyl (C=O) groups excluding carboxylic acids is 1. The van der Waals surface area contributed by atoms with Crippen molar-refractivity contribution in [3.8, 4) is 0 Å². The van der Waals surface area contributed by atoms with E-state index < -0.39 is 10.0 Å². The van der Waals surface area contributed by atoms with Gasteiger partial charge in [0.05, 0.1) is 17.6 Å². The second-order valence-electron chi connectivity index (χ2n) is 6.08. The van der Waals surface area contributed by atoms with Crippen LogP contribution in [0.25, 0.3) is 0 Å². The highest BCUT2D eigenvalue weighted by molar-refractivity contribution is 7.92. The molecule has 0 atom stereocenters. The first-order valence-electron chi connectivity index (χ1n) is 8.53. The lowest BCUT2D eigenvalue weighted by Crippen LogP contribution is -2.48. The van der Waals surface area contributed by atoms with Crippen molar-refractivity contribution >= 4 is 27.3 Å². The van der Waals surface area contributed by atoms with Gasteiger partial charge in [0.2, 0.25) is 10.0 Å². The number of rotatable bonds is 5. The van der Waals surface area contributed by atoms with Crippen molar-refractivity contribution in [1.82, 2.24) is 9.88 Å². The van der Waals surface area contributed by atoms with Crippen molar-refractivity contribution in [2.45, 2.75) is 6.92 Å². The Morgan fingerprint density at radius 1 is 1.15 bits per heavy atom. The molecular formula is C18H22N4O3S. The van der Waals surface area contributed by atoms with Crippen LogP contribution in [0.3, 0.4) is 0 Å². The molecule has 1 aromatic carbocycles. The number of pyridine rings is 1. The summed E-state index contributed by atoms with van der Waals surface area (Å²) in [7, 11) is -3.37. The minimum atomic E-state index is -3.37. The molecule has 0 spiro atoms. The number of aromatic nitrogens is 1. The zero-order valence-corrected chi connectivity index (χ0v) is 15.4. The van der Waals surface area contributed by atoms with Gasteiger partial charge in [-0.1, -0.05) is 6.07 Å². The normalized spacial score (nSPS) is 15.0. The number of anilines is 2. The van der Waals surface area contributed by atoms with Crippen LogP contribution < -0.4 is 9.62 Å². The van der Waals surface area contributed by atoms with Gasteiger partial charge >= 0.3 is 0 Å². The molecule has 3 rings (SSSR count). The SMILES string of the molecule is CCS(=O)(=O)Nc1cccc(C(=O)N2CCN(c3cccnc3)CC2)c1. The van der Waals surface area contributed by atoms with Crippen LogP contribution in [0.4, 0.5) is 11.4 Å². The van der Waals surface area contributed by atoms with E-state index >= 15 is 0 Å². The molecule has 7 nitrogen and oxygen atoms in total. The molecule has 1 N–H and O–H groups in total. The number of amides is 1. The number of sulfonamides is 1. The highest BCUT2D eigenvalue weighted by Crippen LogP contribution is 2.18. The van der Waals surface area contributed by atoms with E-state index in [4.69, 9.17) is 0 Å². The van der Waals surface area contributed by atoms with Crippen LogP contribution in [0.1, 0.15) is 17.3 Å². The first-order valence-corrected chi connectivity index (χ1v) is 10.2. The first kappa shape index (κ1) is 18.2. The zero-order chi connectivity index (χ0) is 18.6. The molecule has 138 valence electrons. The largest absolute Gasteiger partial charge is 0.367 e. The second-order valence-corrected chi connectivity index (χ2v) is 8.09. The van der Waals surface area contributed by atoms with Crippen molar-refractivity contribution in [1.29, 1.82) is 0 Å². The van der Waals surface area contributed by atoms with Crippen LogP contribution in [0.15, 0.2) is 48.8 Å². The number of carbonyl (C=O) groups is 1. The molecule has 0 radical (unpaired) electrons. The molecule has 1 aliphatic heterocycles. The smallest absolute Gasteiger partial charge is 0.254 e. The standard InChI is InChI=1S/C18H22N4O3S/c1-2-26(24,25)20-16-6-3-5-15(13-16)18(23)22-11-9-21(10-12-22)17-7-4-8-19-14-17/h3-8,13-14,20H,2,9-12H2,1H3. The molecule has 1 aliphatic rings. The summed E-state index contributed by atoms with van der Waals surface area (Å²) in [5.41, 5.74) is 1.94. The summed E-state index contributed by atoms with van der Waals surface area (Å²) in [6.45, 7) is 4.26. The van der Waals surface area contributed by atoms with Crippen molar-refractivity contribution < 1.29 is 13.2 Å². The van der Waals surface area contributed by atoms with Crippen molar-refractivity contribution in [3.05, 3.63) is 54.4 Å². The Bertz CT molecular complexity index is 863. The average Bonchev–Trinajstić information content (AvgIpc) is 2.68. The van der Waals surface area contributed by atoms with Gasteiger partial charge in [-0.2, -0.15) is 0 Å². The Morgan fingerprint density at radius 2 is 1.92 bits per heavy atom. The lowest BCUT2D eigenvalue weighted by atomic mass is 10.1. The maximum absolute atomic E-state index is 12.7. The number of nitrogens with one attached hydrogen (secondary N) is 1. The number of hydrogen-bond acceptors (Lipinski definition) is 5. The Labute approximate surface area is 153 Å². The average molecular weight is 374 g/mol.